The fourth-order valence-electron chi connectivity index (χ4n) is 3.05. The van der Waals surface area contributed by atoms with Gasteiger partial charge in [0.1, 0.15) is 18.1 Å². The quantitative estimate of drug-likeness (QED) is 0.0402. The summed E-state index contributed by atoms with van der Waals surface area (Å²) in [5, 5.41) is 25.5. The second kappa shape index (κ2) is 18.6. The Bertz CT molecular complexity index is 868. The fourth-order valence-corrected chi connectivity index (χ4v) is 3.54. The van der Waals surface area contributed by atoms with Gasteiger partial charge in [0.05, 0.1) is 6.04 Å². The summed E-state index contributed by atoms with van der Waals surface area (Å²) in [7, 11) is 0. The van der Waals surface area contributed by atoms with E-state index in [4.69, 9.17) is 28.0 Å². The summed E-state index contributed by atoms with van der Waals surface area (Å²) in [4.78, 5) is 76.0. The van der Waals surface area contributed by atoms with Crippen LogP contribution in [0.25, 0.3) is 0 Å². The van der Waals surface area contributed by atoms with Gasteiger partial charge in [-0.2, -0.15) is 11.8 Å². The van der Waals surface area contributed by atoms with Gasteiger partial charge in [0.2, 0.25) is 23.6 Å². The Labute approximate surface area is 224 Å². The van der Waals surface area contributed by atoms with Crippen LogP contribution in [0.4, 0.5) is 0 Å². The summed E-state index contributed by atoms with van der Waals surface area (Å²) >= 11 is 1.47. The van der Waals surface area contributed by atoms with E-state index in [2.05, 4.69) is 20.9 Å². The van der Waals surface area contributed by atoms with E-state index < -0.39 is 66.2 Å². The average molecular weight is 563 g/mol. The molecule has 16 nitrogen and oxygen atoms in total. The zero-order chi connectivity index (χ0) is 29.3. The van der Waals surface area contributed by atoms with E-state index in [-0.39, 0.29) is 44.6 Å². The van der Waals surface area contributed by atoms with Gasteiger partial charge in [0.15, 0.2) is 5.96 Å². The van der Waals surface area contributed by atoms with Gasteiger partial charge in [0, 0.05) is 19.4 Å². The van der Waals surface area contributed by atoms with E-state index in [9.17, 15) is 33.9 Å². The van der Waals surface area contributed by atoms with Crippen LogP contribution < -0.4 is 38.9 Å². The summed E-state index contributed by atoms with van der Waals surface area (Å²) < 4.78 is 0. The van der Waals surface area contributed by atoms with Gasteiger partial charge in [-0.25, -0.2) is 4.79 Å². The molecule has 0 heterocycles. The third-order valence-corrected chi connectivity index (χ3v) is 5.77. The van der Waals surface area contributed by atoms with Crippen LogP contribution in [0, 0.1) is 0 Å². The van der Waals surface area contributed by atoms with Crippen LogP contribution in [0.2, 0.25) is 0 Å². The Morgan fingerprint density at radius 3 is 1.79 bits per heavy atom. The highest BCUT2D eigenvalue weighted by Crippen LogP contribution is 2.06. The normalized spacial score (nSPS) is 13.7. The van der Waals surface area contributed by atoms with Crippen molar-refractivity contribution in [1.29, 1.82) is 0 Å². The molecule has 0 rings (SSSR count). The van der Waals surface area contributed by atoms with Crippen molar-refractivity contribution in [2.24, 2.45) is 27.9 Å². The lowest BCUT2D eigenvalue weighted by Crippen LogP contribution is -2.57. The third-order valence-electron chi connectivity index (χ3n) is 5.12. The number of carbonyl (C=O) groups is 6. The second-order valence-electron chi connectivity index (χ2n) is 8.30. The van der Waals surface area contributed by atoms with Crippen molar-refractivity contribution in [2.75, 3.05) is 18.6 Å². The maximum atomic E-state index is 13.0. The van der Waals surface area contributed by atoms with Crippen molar-refractivity contribution in [1.82, 2.24) is 16.0 Å². The van der Waals surface area contributed by atoms with Crippen LogP contribution in [0.15, 0.2) is 4.99 Å². The zero-order valence-electron chi connectivity index (χ0n) is 21.2. The first-order chi connectivity index (χ1) is 17.8. The highest BCUT2D eigenvalue weighted by atomic mass is 32.2. The topological polar surface area (TPSA) is 295 Å². The van der Waals surface area contributed by atoms with Gasteiger partial charge in [-0.05, 0) is 44.1 Å². The van der Waals surface area contributed by atoms with E-state index in [0.717, 1.165) is 0 Å². The van der Waals surface area contributed by atoms with E-state index >= 15 is 0 Å². The number of nitrogens with one attached hydrogen (secondary N) is 3. The van der Waals surface area contributed by atoms with Crippen molar-refractivity contribution < 1.29 is 39.0 Å². The largest absolute Gasteiger partial charge is 0.481 e. The van der Waals surface area contributed by atoms with Crippen LogP contribution in [0.5, 0.6) is 0 Å². The maximum Gasteiger partial charge on any atom is 0.326 e. The average Bonchev–Trinajstić information content (AvgIpc) is 2.83. The molecule has 0 saturated heterocycles. The molecule has 13 N–H and O–H groups in total. The molecule has 0 aliphatic carbocycles. The van der Waals surface area contributed by atoms with E-state index in [1.165, 1.54) is 11.8 Å². The number of hydrogen-bond acceptors (Lipinski definition) is 9. The molecular weight excluding hydrogens is 524 g/mol. The highest BCUT2D eigenvalue weighted by Gasteiger charge is 2.30. The van der Waals surface area contributed by atoms with Gasteiger partial charge in [-0.15, -0.1) is 0 Å². The molecule has 17 heteroatoms. The number of primary amides is 1. The number of rotatable bonds is 20. The highest BCUT2D eigenvalue weighted by molar-refractivity contribution is 7.98. The molecule has 38 heavy (non-hydrogen) atoms. The van der Waals surface area contributed by atoms with E-state index in [1.54, 1.807) is 0 Å². The Hall–Kier alpha value is -3.60. The van der Waals surface area contributed by atoms with Gasteiger partial charge in [0.25, 0.3) is 0 Å². The molecule has 4 unspecified atom stereocenters. The monoisotopic (exact) mass is 562 g/mol. The van der Waals surface area contributed by atoms with Gasteiger partial charge < -0.3 is 49.1 Å². The molecule has 0 spiro atoms. The number of guanidine groups is 1. The standard InChI is InChI=1S/C21H38N8O8S/c1-38-10-8-11(22)17(33)27-12(4-6-15(23)30)18(34)28-13(5-7-16(31)32)19(35)29-14(20(36)37)3-2-9-26-21(24)25/h11-14H,2-10,22H2,1H3,(H2,23,30)(H,27,33)(H,28,34)(H,29,35)(H,31,32)(H,36,37)(H4,24,25,26). The molecule has 0 bridgehead atoms. The molecule has 0 aromatic carbocycles. The minimum Gasteiger partial charge on any atom is -0.481 e. The van der Waals surface area contributed by atoms with Crippen LogP contribution in [-0.2, 0) is 28.8 Å². The van der Waals surface area contributed by atoms with Crippen molar-refractivity contribution in [3.8, 4) is 0 Å². The number of carboxylic acids is 2. The van der Waals surface area contributed by atoms with Crippen LogP contribution in [0.1, 0.15) is 44.9 Å². The first kappa shape index (κ1) is 34.4. The molecule has 216 valence electrons. The summed E-state index contributed by atoms with van der Waals surface area (Å²) in [6, 6.07) is -5.09. The number of carboxylic acid groups (broad SMARTS) is 2. The van der Waals surface area contributed by atoms with Crippen LogP contribution in [0.3, 0.4) is 0 Å². The van der Waals surface area contributed by atoms with E-state index in [1.807, 2.05) is 6.26 Å². The number of hydrogen-bond donors (Lipinski definition) is 9. The number of carbonyl (C=O) groups excluding carboxylic acids is 4. The second-order valence-corrected chi connectivity index (χ2v) is 9.28. The molecule has 0 aromatic heterocycles. The molecule has 0 aliphatic heterocycles. The molecule has 0 aliphatic rings. The number of thioether (sulfide) groups is 1. The minimum atomic E-state index is -1.46. The molecule has 0 fully saturated rings. The van der Waals surface area contributed by atoms with Gasteiger partial charge in [-0.3, -0.25) is 29.0 Å². The Kier molecular flexibility index (Phi) is 16.9. The van der Waals surface area contributed by atoms with Crippen LogP contribution in [-0.4, -0.2) is 94.5 Å². The van der Waals surface area contributed by atoms with E-state index in [0.29, 0.717) is 12.2 Å². The predicted octanol–water partition coefficient (Wildman–Crippen LogP) is -3.21. The molecule has 0 radical (unpaired) electrons. The van der Waals surface area contributed by atoms with Crippen LogP contribution >= 0.6 is 11.8 Å². The number of aliphatic imine (C=N–C) groups is 1. The van der Waals surface area contributed by atoms with Crippen molar-refractivity contribution in [2.45, 2.75) is 69.1 Å². The van der Waals surface area contributed by atoms with Gasteiger partial charge in [-0.1, -0.05) is 0 Å². The number of nitrogens with zero attached hydrogens (tertiary/aromatic N) is 1. The van der Waals surface area contributed by atoms with Crippen molar-refractivity contribution >= 4 is 53.3 Å². The van der Waals surface area contributed by atoms with Crippen molar-refractivity contribution in [3.63, 3.8) is 0 Å². The molecule has 0 aromatic rings. The lowest BCUT2D eigenvalue weighted by molar-refractivity contribution is -0.143. The van der Waals surface area contributed by atoms with Crippen molar-refractivity contribution in [3.05, 3.63) is 0 Å². The maximum absolute atomic E-state index is 13.0. The molecular formula is C21H38N8O8S. The number of aliphatic carboxylic acids is 2. The zero-order valence-corrected chi connectivity index (χ0v) is 22.0. The first-order valence-corrected chi connectivity index (χ1v) is 13.1. The smallest absolute Gasteiger partial charge is 0.326 e. The first-order valence-electron chi connectivity index (χ1n) is 11.7. The summed E-state index contributed by atoms with van der Waals surface area (Å²) in [5.41, 5.74) is 21.4. The minimum absolute atomic E-state index is 0.0529. The molecule has 0 saturated carbocycles. The predicted molar refractivity (Wildman–Crippen MR) is 140 cm³/mol. The molecule has 4 amide bonds. The third kappa shape index (κ3) is 15.5. The Balaban J connectivity index is 5.58. The summed E-state index contributed by atoms with van der Waals surface area (Å²) in [6.07, 6.45) is 0.909. The van der Waals surface area contributed by atoms with Gasteiger partial charge >= 0.3 is 11.9 Å². The summed E-state index contributed by atoms with van der Waals surface area (Å²) in [6.45, 7) is 0.113. The number of nitrogens with two attached hydrogens (primary N) is 4. The fraction of sp³-hybridized carbons (Fsp3) is 0.667. The molecule has 4 atom stereocenters. The lowest BCUT2D eigenvalue weighted by Gasteiger charge is -2.25. The Morgan fingerprint density at radius 2 is 1.32 bits per heavy atom. The SMILES string of the molecule is CSCCC(N)C(=O)NC(CCC(N)=O)C(=O)NC(CCC(=O)O)C(=O)NC(CCCN=C(N)N)C(=O)O. The lowest BCUT2D eigenvalue weighted by atomic mass is 10.1. The number of amides is 4. The summed E-state index contributed by atoms with van der Waals surface area (Å²) in [5.74, 6) is -5.48. The Morgan fingerprint density at radius 1 is 0.789 bits per heavy atom.